The summed E-state index contributed by atoms with van der Waals surface area (Å²) in [7, 11) is 0. The first-order valence-corrected chi connectivity index (χ1v) is 12.6. The first-order valence-electron chi connectivity index (χ1n) is 12.2. The van der Waals surface area contributed by atoms with Gasteiger partial charge in [0.05, 0.1) is 11.6 Å². The number of hydrogen-bond acceptors (Lipinski definition) is 5. The Morgan fingerprint density at radius 2 is 2.03 bits per heavy atom. The Kier molecular flexibility index (Phi) is 11.8. The second-order valence-electron chi connectivity index (χ2n) is 8.80. The predicted molar refractivity (Wildman–Crippen MR) is 141 cm³/mol. The molecule has 35 heavy (non-hydrogen) atoms. The highest BCUT2D eigenvalue weighted by Gasteiger charge is 2.34. The Morgan fingerprint density at radius 3 is 2.69 bits per heavy atom. The molecule has 8 nitrogen and oxygen atoms in total. The van der Waals surface area contributed by atoms with Gasteiger partial charge in [-0.05, 0) is 56.6 Å². The molecule has 0 saturated carbocycles. The molecule has 192 valence electrons. The molecule has 0 saturated heterocycles. The van der Waals surface area contributed by atoms with E-state index in [4.69, 9.17) is 22.1 Å². The van der Waals surface area contributed by atoms with Crippen LogP contribution in [0.25, 0.3) is 0 Å². The average molecular weight is 504 g/mol. The second-order valence-corrected chi connectivity index (χ2v) is 9.20. The molecule has 0 fully saturated rings. The monoisotopic (exact) mass is 503 g/mol. The molecule has 0 aliphatic carbocycles. The molecule has 9 heteroatoms. The van der Waals surface area contributed by atoms with Gasteiger partial charge in [-0.25, -0.2) is 0 Å². The number of nitrogens with zero attached hydrogens (tertiary/aromatic N) is 3. The highest BCUT2D eigenvalue weighted by molar-refractivity contribution is 6.32. The normalized spacial score (nSPS) is 15.3. The fraction of sp³-hybridized carbons (Fsp3) is 0.500. The van der Waals surface area contributed by atoms with Crippen LogP contribution >= 0.6 is 11.6 Å². The zero-order valence-corrected chi connectivity index (χ0v) is 21.9. The fourth-order valence-corrected chi connectivity index (χ4v) is 3.90. The SMILES string of the molecule is CCN(CC)CCCN/C=C\C(N)=NC(=O)C(CC(C)C)N1CC(Oc2ccccc2Cl)=CC1=O. The lowest BCUT2D eigenvalue weighted by Crippen LogP contribution is -2.43. The number of carbonyl (C=O) groups excluding carboxylic acids is 2. The number of amides is 2. The minimum Gasteiger partial charge on any atom is -0.458 e. The van der Waals surface area contributed by atoms with Crippen molar-refractivity contribution in [2.75, 3.05) is 32.7 Å². The lowest BCUT2D eigenvalue weighted by Gasteiger charge is -2.26. The van der Waals surface area contributed by atoms with Gasteiger partial charge < -0.3 is 25.6 Å². The molecule has 0 bridgehead atoms. The van der Waals surface area contributed by atoms with E-state index in [1.165, 1.54) is 11.0 Å². The molecule has 1 aliphatic heterocycles. The first-order chi connectivity index (χ1) is 16.7. The number of hydrogen-bond donors (Lipinski definition) is 2. The van der Waals surface area contributed by atoms with Gasteiger partial charge in [-0.1, -0.05) is 51.4 Å². The van der Waals surface area contributed by atoms with Crippen LogP contribution in [0.1, 0.15) is 40.5 Å². The Balaban J connectivity index is 1.97. The smallest absolute Gasteiger partial charge is 0.270 e. The molecule has 0 spiro atoms. The Labute approximate surface area is 213 Å². The quantitative estimate of drug-likeness (QED) is 0.229. The maximum Gasteiger partial charge on any atom is 0.270 e. The third-order valence-electron chi connectivity index (χ3n) is 5.63. The average Bonchev–Trinajstić information content (AvgIpc) is 3.18. The lowest BCUT2D eigenvalue weighted by atomic mass is 10.0. The summed E-state index contributed by atoms with van der Waals surface area (Å²) < 4.78 is 5.81. The number of para-hydroxylation sites is 1. The van der Waals surface area contributed by atoms with Crippen LogP contribution < -0.4 is 15.8 Å². The molecule has 0 radical (unpaired) electrons. The zero-order chi connectivity index (χ0) is 25.8. The summed E-state index contributed by atoms with van der Waals surface area (Å²) in [5, 5.41) is 3.62. The van der Waals surface area contributed by atoms with Gasteiger partial charge in [0.2, 0.25) is 0 Å². The second kappa shape index (κ2) is 14.5. The van der Waals surface area contributed by atoms with Crippen molar-refractivity contribution in [3.63, 3.8) is 0 Å². The molecule has 1 unspecified atom stereocenters. The standard InChI is InChI=1S/C26H38ClN5O3/c1-5-31(6-2)15-9-13-29-14-12-24(28)30-26(34)22(16-19(3)4)32-18-20(17-25(32)33)35-23-11-8-7-10-21(23)27/h7-8,10-12,14,17,19,22,29H,5-6,9,13,15-16,18H2,1-4H3,(H2,28,30,34)/b14-12-. The van der Waals surface area contributed by atoms with E-state index in [-0.39, 0.29) is 24.2 Å². The lowest BCUT2D eigenvalue weighted by molar-refractivity contribution is -0.134. The van der Waals surface area contributed by atoms with Crippen molar-refractivity contribution in [1.82, 2.24) is 15.1 Å². The van der Waals surface area contributed by atoms with E-state index >= 15 is 0 Å². The Hall–Kier alpha value is -2.84. The summed E-state index contributed by atoms with van der Waals surface area (Å²) in [5.41, 5.74) is 5.97. The third kappa shape index (κ3) is 9.38. The fourth-order valence-electron chi connectivity index (χ4n) is 3.73. The summed E-state index contributed by atoms with van der Waals surface area (Å²) in [4.78, 5) is 33.6. The van der Waals surface area contributed by atoms with Gasteiger partial charge in [0, 0.05) is 18.8 Å². The van der Waals surface area contributed by atoms with E-state index in [9.17, 15) is 9.59 Å². The van der Waals surface area contributed by atoms with Crippen LogP contribution in [0.15, 0.2) is 53.4 Å². The summed E-state index contributed by atoms with van der Waals surface area (Å²) in [5.74, 6) is 0.388. The largest absolute Gasteiger partial charge is 0.458 e. The van der Waals surface area contributed by atoms with Crippen molar-refractivity contribution in [1.29, 1.82) is 0 Å². The van der Waals surface area contributed by atoms with E-state index in [1.807, 2.05) is 13.8 Å². The van der Waals surface area contributed by atoms with Crippen LogP contribution in [0.4, 0.5) is 0 Å². The van der Waals surface area contributed by atoms with E-state index in [0.717, 1.165) is 32.6 Å². The number of nitrogens with one attached hydrogen (secondary N) is 1. The molecule has 1 heterocycles. The van der Waals surface area contributed by atoms with Gasteiger partial charge in [0.25, 0.3) is 11.8 Å². The van der Waals surface area contributed by atoms with E-state index in [0.29, 0.717) is 23.0 Å². The van der Waals surface area contributed by atoms with Crippen molar-refractivity contribution in [2.45, 2.75) is 46.6 Å². The molecule has 3 N–H and O–H groups in total. The Morgan fingerprint density at radius 1 is 1.31 bits per heavy atom. The van der Waals surface area contributed by atoms with Crippen LogP contribution in [0.5, 0.6) is 5.75 Å². The highest BCUT2D eigenvalue weighted by Crippen LogP contribution is 2.28. The third-order valence-corrected chi connectivity index (χ3v) is 5.94. The zero-order valence-electron chi connectivity index (χ0n) is 21.2. The van der Waals surface area contributed by atoms with Gasteiger partial charge in [0.1, 0.15) is 23.4 Å². The molecule has 0 aromatic heterocycles. The molecule has 1 atom stereocenters. The minimum absolute atomic E-state index is 0.0899. The van der Waals surface area contributed by atoms with Crippen LogP contribution in [0, 0.1) is 5.92 Å². The number of nitrogens with two attached hydrogens (primary N) is 1. The van der Waals surface area contributed by atoms with Crippen LogP contribution in [-0.2, 0) is 9.59 Å². The number of amidine groups is 1. The molecular formula is C26H38ClN5O3. The number of aliphatic imine (C=N–C) groups is 1. The number of carbonyl (C=O) groups is 2. The van der Waals surface area contributed by atoms with Gasteiger partial charge in [-0.3, -0.25) is 9.59 Å². The molecule has 1 aliphatic rings. The van der Waals surface area contributed by atoms with E-state index in [2.05, 4.69) is 29.1 Å². The van der Waals surface area contributed by atoms with Gasteiger partial charge in [-0.2, -0.15) is 4.99 Å². The summed E-state index contributed by atoms with van der Waals surface area (Å²) in [6, 6.07) is 6.29. The molecule has 2 amide bonds. The van der Waals surface area contributed by atoms with Crippen molar-refractivity contribution >= 4 is 29.3 Å². The van der Waals surface area contributed by atoms with Crippen molar-refractivity contribution in [2.24, 2.45) is 16.6 Å². The number of halogens is 1. The molecule has 1 aromatic rings. The van der Waals surface area contributed by atoms with E-state index in [1.54, 1.807) is 36.5 Å². The van der Waals surface area contributed by atoms with Crippen LogP contribution in [0.2, 0.25) is 5.02 Å². The summed E-state index contributed by atoms with van der Waals surface area (Å²) in [6.07, 6.45) is 6.11. The molecule has 2 rings (SSSR count). The van der Waals surface area contributed by atoms with Gasteiger partial charge in [0.15, 0.2) is 0 Å². The Bertz CT molecular complexity index is 941. The summed E-state index contributed by atoms with van der Waals surface area (Å²) >= 11 is 6.16. The maximum atomic E-state index is 13.0. The first kappa shape index (κ1) is 28.4. The maximum absolute atomic E-state index is 13.0. The van der Waals surface area contributed by atoms with Crippen molar-refractivity contribution < 1.29 is 14.3 Å². The van der Waals surface area contributed by atoms with Crippen LogP contribution in [0.3, 0.4) is 0 Å². The van der Waals surface area contributed by atoms with Crippen molar-refractivity contribution in [3.8, 4) is 5.75 Å². The number of rotatable bonds is 14. The molecule has 1 aromatic carbocycles. The number of benzene rings is 1. The topological polar surface area (TPSA) is 100 Å². The summed E-state index contributed by atoms with van der Waals surface area (Å²) in [6.45, 7) is 12.3. The van der Waals surface area contributed by atoms with E-state index < -0.39 is 11.9 Å². The van der Waals surface area contributed by atoms with Gasteiger partial charge in [-0.15, -0.1) is 0 Å². The number of ether oxygens (including phenoxy) is 1. The molecular weight excluding hydrogens is 466 g/mol. The predicted octanol–water partition coefficient (Wildman–Crippen LogP) is 3.58. The minimum atomic E-state index is -0.736. The van der Waals surface area contributed by atoms with Crippen molar-refractivity contribution in [3.05, 3.63) is 53.4 Å². The van der Waals surface area contributed by atoms with Gasteiger partial charge >= 0.3 is 0 Å². The van der Waals surface area contributed by atoms with Crippen LogP contribution in [-0.4, -0.2) is 66.2 Å². The highest BCUT2D eigenvalue weighted by atomic mass is 35.5.